The monoisotopic (exact) mass is 280 g/mol. The number of nitrogens with one attached hydrogen (secondary N) is 1. The Morgan fingerprint density at radius 3 is 2.68 bits per heavy atom. The molecule has 0 aliphatic heterocycles. The van der Waals surface area contributed by atoms with Crippen LogP contribution in [0, 0.1) is 13.8 Å². The van der Waals surface area contributed by atoms with Gasteiger partial charge in [0.05, 0.1) is 12.1 Å². The van der Waals surface area contributed by atoms with Crippen LogP contribution in [0.15, 0.2) is 18.2 Å². The highest BCUT2D eigenvalue weighted by atomic mass is 32.2. The summed E-state index contributed by atoms with van der Waals surface area (Å²) in [4.78, 5) is 12.0. The Bertz CT molecular complexity index is 434. The molecule has 2 atom stereocenters. The fourth-order valence-electron chi connectivity index (χ4n) is 2.09. The maximum Gasteiger partial charge on any atom is 0.237 e. The fraction of sp³-hybridized carbons (Fsp3) is 0.533. The van der Waals surface area contributed by atoms with Crippen LogP contribution in [0.3, 0.4) is 0 Å². The number of hydrogen-bond donors (Lipinski definition) is 2. The number of thioether (sulfide) groups is 1. The molecule has 0 heterocycles. The number of rotatable bonds is 6. The summed E-state index contributed by atoms with van der Waals surface area (Å²) in [6.07, 6.45) is 2.73. The largest absolute Gasteiger partial charge is 0.348 e. The van der Waals surface area contributed by atoms with Crippen molar-refractivity contribution in [3.8, 4) is 0 Å². The molecule has 0 fully saturated rings. The second kappa shape index (κ2) is 7.56. The van der Waals surface area contributed by atoms with Crippen molar-refractivity contribution in [3.63, 3.8) is 0 Å². The van der Waals surface area contributed by atoms with E-state index in [1.165, 1.54) is 11.1 Å². The molecule has 0 spiro atoms. The molecule has 1 unspecified atom stereocenters. The summed E-state index contributed by atoms with van der Waals surface area (Å²) in [6.45, 7) is 6.13. The van der Waals surface area contributed by atoms with Gasteiger partial charge in [-0.1, -0.05) is 23.8 Å². The van der Waals surface area contributed by atoms with Crippen LogP contribution in [0.5, 0.6) is 0 Å². The second-order valence-corrected chi connectivity index (χ2v) is 5.96. The SMILES string of the molecule is CSCC[C@H](N)C(=O)NC(C)c1ccc(C)cc1C. The first kappa shape index (κ1) is 16.1. The van der Waals surface area contributed by atoms with E-state index in [1.807, 2.05) is 13.2 Å². The van der Waals surface area contributed by atoms with Gasteiger partial charge in [0.2, 0.25) is 5.91 Å². The highest BCUT2D eigenvalue weighted by Gasteiger charge is 2.17. The average molecular weight is 280 g/mol. The quantitative estimate of drug-likeness (QED) is 0.842. The average Bonchev–Trinajstić information content (AvgIpc) is 2.35. The zero-order valence-corrected chi connectivity index (χ0v) is 13.0. The van der Waals surface area contributed by atoms with E-state index < -0.39 is 6.04 Å². The standard InChI is InChI=1S/C15H24N2OS/c1-10-5-6-13(11(2)9-10)12(3)17-15(18)14(16)7-8-19-4/h5-6,9,12,14H,7-8,16H2,1-4H3,(H,17,18)/t12?,14-/m0/s1. The highest BCUT2D eigenvalue weighted by Crippen LogP contribution is 2.18. The Hall–Kier alpha value is -1.00. The molecule has 4 heteroatoms. The first-order chi connectivity index (χ1) is 8.95. The van der Waals surface area contributed by atoms with Gasteiger partial charge in [-0.3, -0.25) is 4.79 Å². The van der Waals surface area contributed by atoms with Crippen molar-refractivity contribution >= 4 is 17.7 Å². The zero-order valence-electron chi connectivity index (χ0n) is 12.2. The predicted octanol–water partition coefficient (Wildman–Crippen LogP) is 2.56. The number of carbonyl (C=O) groups is 1. The van der Waals surface area contributed by atoms with Crippen LogP contribution in [-0.2, 0) is 4.79 Å². The van der Waals surface area contributed by atoms with Crippen LogP contribution in [0.4, 0.5) is 0 Å². The van der Waals surface area contributed by atoms with Gasteiger partial charge in [0.1, 0.15) is 0 Å². The molecular formula is C15H24N2OS. The highest BCUT2D eigenvalue weighted by molar-refractivity contribution is 7.98. The summed E-state index contributed by atoms with van der Waals surface area (Å²) in [7, 11) is 0. The molecule has 0 radical (unpaired) electrons. The third kappa shape index (κ3) is 4.88. The van der Waals surface area contributed by atoms with Crippen molar-refractivity contribution in [1.29, 1.82) is 0 Å². The first-order valence-corrected chi connectivity index (χ1v) is 7.97. The number of nitrogens with two attached hydrogens (primary N) is 1. The Labute approximate surface area is 120 Å². The van der Waals surface area contributed by atoms with Gasteiger partial charge >= 0.3 is 0 Å². The minimum Gasteiger partial charge on any atom is -0.348 e. The van der Waals surface area contributed by atoms with Gasteiger partial charge in [-0.05, 0) is 50.3 Å². The smallest absolute Gasteiger partial charge is 0.237 e. The lowest BCUT2D eigenvalue weighted by atomic mass is 10.00. The lowest BCUT2D eigenvalue weighted by Gasteiger charge is -2.19. The molecule has 3 N–H and O–H groups in total. The number of hydrogen-bond acceptors (Lipinski definition) is 3. The first-order valence-electron chi connectivity index (χ1n) is 6.57. The van der Waals surface area contributed by atoms with Gasteiger partial charge in [-0.15, -0.1) is 0 Å². The van der Waals surface area contributed by atoms with E-state index in [-0.39, 0.29) is 11.9 Å². The summed E-state index contributed by atoms with van der Waals surface area (Å²) >= 11 is 1.71. The fourth-order valence-corrected chi connectivity index (χ4v) is 2.58. The molecule has 0 saturated heterocycles. The summed E-state index contributed by atoms with van der Waals surface area (Å²) in [5.74, 6) is 0.841. The molecular weight excluding hydrogens is 256 g/mol. The molecule has 0 aromatic heterocycles. The Kier molecular flexibility index (Phi) is 6.38. The van der Waals surface area contributed by atoms with Gasteiger partial charge in [0.15, 0.2) is 0 Å². The van der Waals surface area contributed by atoms with Gasteiger partial charge in [0.25, 0.3) is 0 Å². The van der Waals surface area contributed by atoms with Crippen molar-refractivity contribution in [2.24, 2.45) is 5.73 Å². The second-order valence-electron chi connectivity index (χ2n) is 4.98. The van der Waals surface area contributed by atoms with Crippen LogP contribution < -0.4 is 11.1 Å². The lowest BCUT2D eigenvalue weighted by molar-refractivity contribution is -0.123. The molecule has 106 valence electrons. The van der Waals surface area contributed by atoms with E-state index in [4.69, 9.17) is 5.73 Å². The van der Waals surface area contributed by atoms with Gasteiger partial charge in [-0.25, -0.2) is 0 Å². The van der Waals surface area contributed by atoms with Crippen molar-refractivity contribution in [3.05, 3.63) is 34.9 Å². The molecule has 0 aliphatic carbocycles. The molecule has 0 aliphatic rings. The predicted molar refractivity (Wildman–Crippen MR) is 83.4 cm³/mol. The molecule has 1 aromatic carbocycles. The Morgan fingerprint density at radius 2 is 2.11 bits per heavy atom. The topological polar surface area (TPSA) is 55.1 Å². The van der Waals surface area contributed by atoms with Crippen molar-refractivity contribution in [1.82, 2.24) is 5.32 Å². The lowest BCUT2D eigenvalue weighted by Crippen LogP contribution is -2.42. The number of carbonyl (C=O) groups excluding carboxylic acids is 1. The van der Waals surface area contributed by atoms with Crippen molar-refractivity contribution in [2.45, 2.75) is 39.3 Å². The van der Waals surface area contributed by atoms with E-state index in [2.05, 4.69) is 37.4 Å². The number of benzene rings is 1. The summed E-state index contributed by atoms with van der Waals surface area (Å²) in [5, 5.41) is 2.99. The molecule has 0 bridgehead atoms. The zero-order chi connectivity index (χ0) is 14.4. The van der Waals surface area contributed by atoms with E-state index in [1.54, 1.807) is 11.8 Å². The van der Waals surface area contributed by atoms with E-state index in [0.29, 0.717) is 6.42 Å². The third-order valence-electron chi connectivity index (χ3n) is 3.22. The van der Waals surface area contributed by atoms with Crippen LogP contribution in [0.25, 0.3) is 0 Å². The Balaban J connectivity index is 2.63. The van der Waals surface area contributed by atoms with Crippen LogP contribution in [-0.4, -0.2) is 24.0 Å². The molecule has 1 rings (SSSR count). The molecule has 3 nitrogen and oxygen atoms in total. The van der Waals surface area contributed by atoms with E-state index >= 15 is 0 Å². The van der Waals surface area contributed by atoms with Crippen LogP contribution >= 0.6 is 11.8 Å². The van der Waals surface area contributed by atoms with Crippen LogP contribution in [0.1, 0.15) is 36.1 Å². The van der Waals surface area contributed by atoms with Crippen LogP contribution in [0.2, 0.25) is 0 Å². The van der Waals surface area contributed by atoms with E-state index in [0.717, 1.165) is 11.3 Å². The summed E-state index contributed by atoms with van der Waals surface area (Å²) in [5.41, 5.74) is 9.45. The molecule has 1 amide bonds. The number of aryl methyl sites for hydroxylation is 2. The summed E-state index contributed by atoms with van der Waals surface area (Å²) < 4.78 is 0. The van der Waals surface area contributed by atoms with Gasteiger partial charge < -0.3 is 11.1 Å². The Morgan fingerprint density at radius 1 is 1.42 bits per heavy atom. The molecule has 19 heavy (non-hydrogen) atoms. The maximum atomic E-state index is 12.0. The molecule has 0 saturated carbocycles. The molecule has 1 aromatic rings. The third-order valence-corrected chi connectivity index (χ3v) is 3.86. The van der Waals surface area contributed by atoms with Gasteiger partial charge in [0, 0.05) is 0 Å². The summed E-state index contributed by atoms with van der Waals surface area (Å²) in [6, 6.07) is 5.85. The van der Waals surface area contributed by atoms with E-state index in [9.17, 15) is 4.79 Å². The minimum atomic E-state index is -0.416. The number of amides is 1. The van der Waals surface area contributed by atoms with Crippen molar-refractivity contribution in [2.75, 3.05) is 12.0 Å². The van der Waals surface area contributed by atoms with Gasteiger partial charge in [-0.2, -0.15) is 11.8 Å². The van der Waals surface area contributed by atoms with Crippen molar-refractivity contribution < 1.29 is 4.79 Å². The maximum absolute atomic E-state index is 12.0. The normalized spacial score (nSPS) is 13.9. The minimum absolute atomic E-state index is 0.00608.